The molecule has 10 aromatic rings. The summed E-state index contributed by atoms with van der Waals surface area (Å²) in [7, 11) is 0. The standard InChI is InChI=1S/C45H27N3OS/c1-47-45(48-44(46)28-18-21-35-34-13-6-7-15-39(34)49-40(35)25-28)36-14-8-16-42-43(36)38-24-27(19-22-41(38)50-42)26-17-20-33-31-11-3-2-9-29(31)30-10-4-5-12-32(30)37(33)23-26/h2-25,46H,1H2. The number of rotatable bonds is 3. The van der Waals surface area contributed by atoms with Crippen LogP contribution >= 0.6 is 11.3 Å². The summed E-state index contributed by atoms with van der Waals surface area (Å²) >= 11 is 1.75. The lowest BCUT2D eigenvalue weighted by atomic mass is 9.92. The first kappa shape index (κ1) is 28.6. The van der Waals surface area contributed by atoms with Crippen LogP contribution in [0.5, 0.6) is 0 Å². The van der Waals surface area contributed by atoms with Gasteiger partial charge in [-0.3, -0.25) is 5.41 Å². The molecule has 0 spiro atoms. The molecule has 0 fully saturated rings. The molecule has 0 radical (unpaired) electrons. The summed E-state index contributed by atoms with van der Waals surface area (Å²) in [6.07, 6.45) is 0. The van der Waals surface area contributed by atoms with Crippen molar-refractivity contribution in [3.8, 4) is 11.1 Å². The molecule has 4 nitrogen and oxygen atoms in total. The van der Waals surface area contributed by atoms with E-state index < -0.39 is 0 Å². The maximum absolute atomic E-state index is 8.96. The number of benzene rings is 8. The van der Waals surface area contributed by atoms with Crippen molar-refractivity contribution in [3.05, 3.63) is 157 Å². The summed E-state index contributed by atoms with van der Waals surface area (Å²) < 4.78 is 8.41. The largest absolute Gasteiger partial charge is 0.456 e. The fourth-order valence-electron chi connectivity index (χ4n) is 7.50. The first-order valence-electron chi connectivity index (χ1n) is 16.5. The van der Waals surface area contributed by atoms with Gasteiger partial charge in [-0.15, -0.1) is 11.3 Å². The zero-order valence-electron chi connectivity index (χ0n) is 26.8. The fourth-order valence-corrected chi connectivity index (χ4v) is 8.62. The maximum atomic E-state index is 8.96. The van der Waals surface area contributed by atoms with E-state index in [2.05, 4.69) is 103 Å². The molecule has 10 rings (SSSR count). The molecule has 1 N–H and O–H groups in total. The third-order valence-electron chi connectivity index (χ3n) is 9.83. The van der Waals surface area contributed by atoms with Gasteiger partial charge in [0.25, 0.3) is 0 Å². The molecule has 5 heteroatoms. The number of nitrogens with one attached hydrogen (secondary N) is 1. The molecule has 234 valence electrons. The summed E-state index contributed by atoms with van der Waals surface area (Å²) in [6, 6.07) is 50.9. The van der Waals surface area contributed by atoms with Crippen molar-refractivity contribution in [1.29, 1.82) is 5.41 Å². The van der Waals surface area contributed by atoms with E-state index in [1.807, 2.05) is 54.6 Å². The first-order chi connectivity index (χ1) is 24.6. The van der Waals surface area contributed by atoms with Crippen molar-refractivity contribution in [2.45, 2.75) is 0 Å². The average molecular weight is 658 g/mol. The topological polar surface area (TPSA) is 61.7 Å². The minimum atomic E-state index is 0.0999. The van der Waals surface area contributed by atoms with Crippen LogP contribution in [0.3, 0.4) is 0 Å². The van der Waals surface area contributed by atoms with E-state index in [0.717, 1.165) is 54.1 Å². The van der Waals surface area contributed by atoms with Crippen LogP contribution in [-0.2, 0) is 0 Å². The predicted molar refractivity (Wildman–Crippen MR) is 214 cm³/mol. The van der Waals surface area contributed by atoms with Gasteiger partial charge in [-0.25, -0.2) is 9.98 Å². The van der Waals surface area contributed by atoms with E-state index >= 15 is 0 Å². The van der Waals surface area contributed by atoms with E-state index in [9.17, 15) is 0 Å². The van der Waals surface area contributed by atoms with Gasteiger partial charge in [0.2, 0.25) is 0 Å². The minimum absolute atomic E-state index is 0.0999. The highest BCUT2D eigenvalue weighted by atomic mass is 32.1. The third kappa shape index (κ3) is 4.34. The lowest BCUT2D eigenvalue weighted by molar-refractivity contribution is 0.669. The normalized spacial score (nSPS) is 12.3. The monoisotopic (exact) mass is 657 g/mol. The van der Waals surface area contributed by atoms with E-state index in [-0.39, 0.29) is 5.84 Å². The van der Waals surface area contributed by atoms with Gasteiger partial charge in [0.15, 0.2) is 11.7 Å². The summed E-state index contributed by atoms with van der Waals surface area (Å²) in [5, 5.41) is 20.8. The van der Waals surface area contributed by atoms with Crippen molar-refractivity contribution < 1.29 is 4.42 Å². The van der Waals surface area contributed by atoms with Crippen LogP contribution in [0, 0.1) is 5.41 Å². The Balaban J connectivity index is 1.10. The third-order valence-corrected chi connectivity index (χ3v) is 11.0. The quantitative estimate of drug-likeness (QED) is 0.115. The van der Waals surface area contributed by atoms with Gasteiger partial charge in [-0.1, -0.05) is 103 Å². The summed E-state index contributed by atoms with van der Waals surface area (Å²) in [6.45, 7) is 3.88. The van der Waals surface area contributed by atoms with Gasteiger partial charge in [-0.2, -0.15) is 0 Å². The first-order valence-corrected chi connectivity index (χ1v) is 17.3. The van der Waals surface area contributed by atoms with E-state index in [0.29, 0.717) is 11.4 Å². The van der Waals surface area contributed by atoms with E-state index in [1.54, 1.807) is 11.3 Å². The Morgan fingerprint density at radius 1 is 0.520 bits per heavy atom. The molecular weight excluding hydrogens is 631 g/mol. The Morgan fingerprint density at radius 2 is 1.12 bits per heavy atom. The Kier molecular flexibility index (Phi) is 6.32. The van der Waals surface area contributed by atoms with Crippen molar-refractivity contribution in [3.63, 3.8) is 0 Å². The molecule has 0 unspecified atom stereocenters. The Morgan fingerprint density at radius 3 is 1.86 bits per heavy atom. The average Bonchev–Trinajstić information content (AvgIpc) is 3.74. The van der Waals surface area contributed by atoms with Crippen LogP contribution in [-0.4, -0.2) is 18.4 Å². The highest BCUT2D eigenvalue weighted by molar-refractivity contribution is 7.25. The maximum Gasteiger partial charge on any atom is 0.161 e. The van der Waals surface area contributed by atoms with Gasteiger partial charge in [0, 0.05) is 42.1 Å². The second-order valence-corrected chi connectivity index (χ2v) is 13.7. The molecule has 0 aliphatic heterocycles. The summed E-state index contributed by atoms with van der Waals surface area (Å²) in [4.78, 5) is 9.10. The van der Waals surface area contributed by atoms with Crippen LogP contribution in [0.2, 0.25) is 0 Å². The number of hydrogen-bond acceptors (Lipinski definition) is 3. The zero-order valence-corrected chi connectivity index (χ0v) is 27.6. The lowest BCUT2D eigenvalue weighted by Gasteiger charge is -2.12. The number of aliphatic imine (C=N–C) groups is 2. The highest BCUT2D eigenvalue weighted by Gasteiger charge is 2.17. The van der Waals surface area contributed by atoms with Crippen LogP contribution in [0.1, 0.15) is 11.1 Å². The molecule has 50 heavy (non-hydrogen) atoms. The number of thiophene rings is 1. The number of furan rings is 1. The van der Waals surface area contributed by atoms with Gasteiger partial charge in [-0.05, 0) is 92.6 Å². The summed E-state index contributed by atoms with van der Waals surface area (Å²) in [5.74, 6) is 0.516. The second kappa shape index (κ2) is 11.1. The molecule has 0 bridgehead atoms. The molecule has 8 aromatic carbocycles. The molecule has 2 aromatic heterocycles. The van der Waals surface area contributed by atoms with E-state index in [1.165, 1.54) is 37.0 Å². The highest BCUT2D eigenvalue weighted by Crippen LogP contribution is 2.41. The number of hydrogen-bond donors (Lipinski definition) is 1. The molecule has 0 saturated heterocycles. The number of amidine groups is 2. The van der Waals surface area contributed by atoms with Gasteiger partial charge in [0.1, 0.15) is 11.2 Å². The number of para-hydroxylation sites is 1. The molecule has 0 atom stereocenters. The SMILES string of the molecule is C=NC(=NC(=N)c1ccc2c(c1)oc1ccccc12)c1cccc2sc3ccc(-c4ccc5c6ccccc6c6ccccc6c5c4)cc3c12. The van der Waals surface area contributed by atoms with Crippen molar-refractivity contribution in [1.82, 2.24) is 0 Å². The Bertz CT molecular complexity index is 3060. The second-order valence-electron chi connectivity index (χ2n) is 12.6. The Labute approximate surface area is 290 Å². The van der Waals surface area contributed by atoms with Crippen LogP contribution in [0.4, 0.5) is 0 Å². The minimum Gasteiger partial charge on any atom is -0.456 e. The van der Waals surface area contributed by atoms with Crippen molar-refractivity contribution in [2.75, 3.05) is 0 Å². The molecule has 0 amide bonds. The van der Waals surface area contributed by atoms with Crippen molar-refractivity contribution >= 4 is 104 Å². The molecule has 2 heterocycles. The lowest BCUT2D eigenvalue weighted by Crippen LogP contribution is -2.04. The van der Waals surface area contributed by atoms with Crippen LogP contribution < -0.4 is 0 Å². The molecule has 0 aliphatic carbocycles. The predicted octanol–water partition coefficient (Wildman–Crippen LogP) is 12.6. The van der Waals surface area contributed by atoms with Crippen molar-refractivity contribution in [2.24, 2.45) is 9.98 Å². The van der Waals surface area contributed by atoms with Gasteiger partial charge >= 0.3 is 0 Å². The smallest absolute Gasteiger partial charge is 0.161 e. The van der Waals surface area contributed by atoms with Crippen LogP contribution in [0.25, 0.3) is 85.6 Å². The zero-order chi connectivity index (χ0) is 33.3. The Hall–Kier alpha value is -6.43. The summed E-state index contributed by atoms with van der Waals surface area (Å²) in [5.41, 5.74) is 5.36. The number of nitrogens with zero attached hydrogens (tertiary/aromatic N) is 2. The van der Waals surface area contributed by atoms with Gasteiger partial charge in [0.05, 0.1) is 0 Å². The fraction of sp³-hybridized carbons (Fsp3) is 0. The van der Waals surface area contributed by atoms with Crippen LogP contribution in [0.15, 0.2) is 160 Å². The van der Waals surface area contributed by atoms with Gasteiger partial charge < -0.3 is 4.42 Å². The molecular formula is C45H27N3OS. The number of fused-ring (bicyclic) bond motifs is 12. The van der Waals surface area contributed by atoms with E-state index in [4.69, 9.17) is 14.8 Å². The molecule has 0 saturated carbocycles. The molecule has 0 aliphatic rings.